The number of aromatic nitrogens is 2. The number of nitrogens with zero attached hydrogens (tertiary/aromatic N) is 3. The molecule has 2 N–H and O–H groups in total. The van der Waals surface area contributed by atoms with Crippen LogP contribution in [-0.2, 0) is 4.74 Å². The second-order valence-corrected chi connectivity index (χ2v) is 6.30. The Labute approximate surface area is 150 Å². The number of benzene rings is 1. The topological polar surface area (TPSA) is 72.9 Å². The summed E-state index contributed by atoms with van der Waals surface area (Å²) in [6.45, 7) is 3.91. The van der Waals surface area contributed by atoms with E-state index in [1.165, 1.54) is 12.1 Å². The molecule has 0 spiro atoms. The Morgan fingerprint density at radius 3 is 2.73 bits per heavy atom. The number of anilines is 1. The van der Waals surface area contributed by atoms with Crippen molar-refractivity contribution in [2.75, 3.05) is 32.0 Å². The first-order valence-corrected chi connectivity index (χ1v) is 8.47. The summed E-state index contributed by atoms with van der Waals surface area (Å²) in [6, 6.07) is 9.77. The first kappa shape index (κ1) is 16.5. The summed E-state index contributed by atoms with van der Waals surface area (Å²) in [5.74, 6) is -0.253. The molecule has 0 radical (unpaired) electrons. The predicted molar refractivity (Wildman–Crippen MR) is 96.5 cm³/mol. The van der Waals surface area contributed by atoms with E-state index in [0.717, 1.165) is 5.69 Å². The van der Waals surface area contributed by atoms with Gasteiger partial charge in [0.1, 0.15) is 23.0 Å². The van der Waals surface area contributed by atoms with Crippen LogP contribution in [0.2, 0.25) is 0 Å². The first-order chi connectivity index (χ1) is 12.6. The number of hydrogen-bond acceptors (Lipinski definition) is 4. The molecule has 0 bridgehead atoms. The van der Waals surface area contributed by atoms with Crippen LogP contribution in [0, 0.1) is 12.7 Å². The highest BCUT2D eigenvalue weighted by Crippen LogP contribution is 2.29. The van der Waals surface area contributed by atoms with Gasteiger partial charge in [0, 0.05) is 24.3 Å². The third-order valence-corrected chi connectivity index (χ3v) is 4.62. The zero-order valence-electron chi connectivity index (χ0n) is 14.4. The monoisotopic (exact) mass is 354 g/mol. The zero-order chi connectivity index (χ0) is 18.3. The largest absolute Gasteiger partial charge is 0.382 e. The molecule has 3 aromatic rings. The summed E-state index contributed by atoms with van der Waals surface area (Å²) in [7, 11) is 0. The van der Waals surface area contributed by atoms with Gasteiger partial charge in [-0.1, -0.05) is 12.1 Å². The fourth-order valence-electron chi connectivity index (χ4n) is 3.32. The van der Waals surface area contributed by atoms with E-state index in [1.807, 2.05) is 19.1 Å². The molecule has 1 aliphatic rings. The van der Waals surface area contributed by atoms with E-state index in [0.29, 0.717) is 54.6 Å². The lowest BCUT2D eigenvalue weighted by Crippen LogP contribution is -2.41. The van der Waals surface area contributed by atoms with E-state index in [-0.39, 0.29) is 5.91 Å². The van der Waals surface area contributed by atoms with Gasteiger partial charge in [0.05, 0.1) is 18.7 Å². The third-order valence-electron chi connectivity index (χ3n) is 4.62. The number of carbonyl (C=O) groups is 1. The van der Waals surface area contributed by atoms with Gasteiger partial charge in [-0.05, 0) is 31.2 Å². The molecule has 6 nitrogen and oxygen atoms in total. The summed E-state index contributed by atoms with van der Waals surface area (Å²) in [4.78, 5) is 19.5. The lowest BCUT2D eigenvalue weighted by Gasteiger charge is -2.28. The molecule has 1 amide bonds. The number of amides is 1. The number of nitrogens with two attached hydrogens (primary N) is 1. The maximum atomic E-state index is 13.8. The average Bonchev–Trinajstić information content (AvgIpc) is 3.04. The van der Waals surface area contributed by atoms with Gasteiger partial charge < -0.3 is 19.8 Å². The summed E-state index contributed by atoms with van der Waals surface area (Å²) in [5.41, 5.74) is 8.94. The SMILES string of the molecule is Cc1ccc2c(N)nc(-c3cccc(F)c3)c(C(=O)N3CCOCC3)n12. The summed E-state index contributed by atoms with van der Waals surface area (Å²) in [6.07, 6.45) is 0. The molecule has 4 rings (SSSR count). The summed E-state index contributed by atoms with van der Waals surface area (Å²) >= 11 is 0. The van der Waals surface area contributed by atoms with Crippen molar-refractivity contribution in [1.29, 1.82) is 0 Å². The molecule has 1 saturated heterocycles. The van der Waals surface area contributed by atoms with Crippen LogP contribution in [0.15, 0.2) is 36.4 Å². The molecule has 134 valence electrons. The Morgan fingerprint density at radius 2 is 2.00 bits per heavy atom. The second-order valence-electron chi connectivity index (χ2n) is 6.30. The van der Waals surface area contributed by atoms with Crippen LogP contribution in [-0.4, -0.2) is 46.5 Å². The minimum atomic E-state index is -0.392. The molecular weight excluding hydrogens is 335 g/mol. The Hall–Kier alpha value is -2.93. The quantitative estimate of drug-likeness (QED) is 0.767. The number of ether oxygens (including phenoxy) is 1. The molecule has 1 aromatic carbocycles. The lowest BCUT2D eigenvalue weighted by atomic mass is 10.1. The van der Waals surface area contributed by atoms with Crippen molar-refractivity contribution in [3.63, 3.8) is 0 Å². The van der Waals surface area contributed by atoms with Crippen molar-refractivity contribution in [3.05, 3.63) is 53.6 Å². The summed E-state index contributed by atoms with van der Waals surface area (Å²) < 4.78 is 20.9. The number of hydrogen-bond donors (Lipinski definition) is 1. The van der Waals surface area contributed by atoms with Gasteiger partial charge in [0.2, 0.25) is 0 Å². The Morgan fingerprint density at radius 1 is 1.23 bits per heavy atom. The number of aryl methyl sites for hydroxylation is 1. The van der Waals surface area contributed by atoms with Crippen molar-refractivity contribution in [3.8, 4) is 11.3 Å². The average molecular weight is 354 g/mol. The highest BCUT2D eigenvalue weighted by Gasteiger charge is 2.27. The van der Waals surface area contributed by atoms with Gasteiger partial charge in [-0.25, -0.2) is 9.37 Å². The van der Waals surface area contributed by atoms with E-state index >= 15 is 0 Å². The Balaban J connectivity index is 1.98. The molecule has 0 atom stereocenters. The molecule has 3 heterocycles. The highest BCUT2D eigenvalue weighted by molar-refractivity contribution is 6.00. The molecule has 2 aromatic heterocycles. The fraction of sp³-hybridized carbons (Fsp3) is 0.263. The van der Waals surface area contributed by atoms with E-state index in [2.05, 4.69) is 4.98 Å². The minimum Gasteiger partial charge on any atom is -0.382 e. The van der Waals surface area contributed by atoms with Gasteiger partial charge in [0.25, 0.3) is 5.91 Å². The Kier molecular flexibility index (Phi) is 4.08. The number of nitrogen functional groups attached to an aromatic ring is 1. The van der Waals surface area contributed by atoms with Crippen LogP contribution < -0.4 is 5.73 Å². The van der Waals surface area contributed by atoms with Crippen LogP contribution in [0.3, 0.4) is 0 Å². The predicted octanol–water partition coefficient (Wildman–Crippen LogP) is 2.50. The standard InChI is InChI=1S/C19H19FN4O2/c1-12-5-6-15-18(21)22-16(13-3-2-4-14(20)11-13)17(24(12)15)19(25)23-7-9-26-10-8-23/h2-6,11H,7-10H2,1H3,(H2,21,22). The number of morpholine rings is 1. The molecular formula is C19H19FN4O2. The Bertz CT molecular complexity index is 993. The van der Waals surface area contributed by atoms with E-state index in [1.54, 1.807) is 21.4 Å². The van der Waals surface area contributed by atoms with Crippen LogP contribution in [0.25, 0.3) is 16.8 Å². The molecule has 0 unspecified atom stereocenters. The summed E-state index contributed by atoms with van der Waals surface area (Å²) in [5, 5.41) is 0. The van der Waals surface area contributed by atoms with E-state index < -0.39 is 5.82 Å². The van der Waals surface area contributed by atoms with Gasteiger partial charge in [-0.15, -0.1) is 0 Å². The van der Waals surface area contributed by atoms with Crippen LogP contribution in [0.5, 0.6) is 0 Å². The van der Waals surface area contributed by atoms with Crippen LogP contribution in [0.4, 0.5) is 10.2 Å². The lowest BCUT2D eigenvalue weighted by molar-refractivity contribution is 0.0298. The maximum Gasteiger partial charge on any atom is 0.273 e. The fourth-order valence-corrected chi connectivity index (χ4v) is 3.32. The van der Waals surface area contributed by atoms with Crippen LogP contribution >= 0.6 is 0 Å². The number of halogens is 1. The first-order valence-electron chi connectivity index (χ1n) is 8.47. The van der Waals surface area contributed by atoms with Gasteiger partial charge in [-0.2, -0.15) is 0 Å². The van der Waals surface area contributed by atoms with Crippen molar-refractivity contribution in [1.82, 2.24) is 14.3 Å². The van der Waals surface area contributed by atoms with Crippen molar-refractivity contribution in [2.45, 2.75) is 6.92 Å². The zero-order valence-corrected chi connectivity index (χ0v) is 14.4. The molecule has 26 heavy (non-hydrogen) atoms. The third kappa shape index (κ3) is 2.70. The highest BCUT2D eigenvalue weighted by atomic mass is 19.1. The van der Waals surface area contributed by atoms with Crippen LogP contribution in [0.1, 0.15) is 16.2 Å². The van der Waals surface area contributed by atoms with E-state index in [9.17, 15) is 9.18 Å². The van der Waals surface area contributed by atoms with Gasteiger partial charge >= 0.3 is 0 Å². The van der Waals surface area contributed by atoms with Gasteiger partial charge in [0.15, 0.2) is 0 Å². The number of carbonyl (C=O) groups excluding carboxylic acids is 1. The molecule has 7 heteroatoms. The molecule has 1 fully saturated rings. The number of fused-ring (bicyclic) bond motifs is 1. The smallest absolute Gasteiger partial charge is 0.273 e. The van der Waals surface area contributed by atoms with Crippen molar-refractivity contribution >= 4 is 17.2 Å². The second kappa shape index (κ2) is 6.42. The normalized spacial score (nSPS) is 14.8. The van der Waals surface area contributed by atoms with Crippen molar-refractivity contribution in [2.24, 2.45) is 0 Å². The van der Waals surface area contributed by atoms with E-state index in [4.69, 9.17) is 10.5 Å². The minimum absolute atomic E-state index is 0.163. The molecule has 0 saturated carbocycles. The molecule has 1 aliphatic heterocycles. The molecule has 0 aliphatic carbocycles. The van der Waals surface area contributed by atoms with Crippen molar-refractivity contribution < 1.29 is 13.9 Å². The maximum absolute atomic E-state index is 13.8. The van der Waals surface area contributed by atoms with Gasteiger partial charge in [-0.3, -0.25) is 4.79 Å². The number of rotatable bonds is 2.